The van der Waals surface area contributed by atoms with E-state index in [1.165, 1.54) is 5.56 Å². The lowest BCUT2D eigenvalue weighted by Crippen LogP contribution is -1.98. The van der Waals surface area contributed by atoms with Crippen LogP contribution in [0, 0.1) is 11.3 Å². The minimum atomic E-state index is 0.616. The molecule has 0 atom stereocenters. The fourth-order valence-corrected chi connectivity index (χ4v) is 2.36. The molecule has 2 rings (SSSR count). The Bertz CT molecular complexity index is 734. The van der Waals surface area contributed by atoms with Crippen molar-refractivity contribution in [1.29, 1.82) is 5.26 Å². The highest BCUT2D eigenvalue weighted by Crippen LogP contribution is 2.26. The monoisotopic (exact) mass is 263 g/mol. The van der Waals surface area contributed by atoms with Crippen molar-refractivity contribution in [3.63, 3.8) is 0 Å². The van der Waals surface area contributed by atoms with E-state index in [1.54, 1.807) is 13.3 Å². The van der Waals surface area contributed by atoms with Crippen LogP contribution in [0.25, 0.3) is 16.3 Å². The summed E-state index contributed by atoms with van der Waals surface area (Å²) in [5, 5.41) is 11.5. The predicted octanol–water partition coefficient (Wildman–Crippen LogP) is 3.77. The number of allylic oxidation sites excluding steroid dienone is 2. The number of pyridine rings is 1. The number of fused-ring (bicyclic) bond motifs is 1. The smallest absolute Gasteiger partial charge is 0.102 e. The normalized spacial score (nSPS) is 12.0. The van der Waals surface area contributed by atoms with Crippen LogP contribution < -0.4 is 0 Å². The van der Waals surface area contributed by atoms with Crippen molar-refractivity contribution in [3.05, 3.63) is 47.3 Å². The highest BCUT2D eigenvalue weighted by atomic mass is 14.7. The molecule has 0 radical (unpaired) electrons. The number of nitriles is 1. The maximum absolute atomic E-state index is 9.53. The predicted molar refractivity (Wildman–Crippen MR) is 83.9 cm³/mol. The molecule has 3 heteroatoms. The van der Waals surface area contributed by atoms with Gasteiger partial charge in [0.05, 0.1) is 11.3 Å². The largest absolute Gasteiger partial charge is 0.296 e. The lowest BCUT2D eigenvalue weighted by atomic mass is 9.97. The van der Waals surface area contributed by atoms with Gasteiger partial charge in [-0.15, -0.1) is 0 Å². The average molecular weight is 263 g/mol. The van der Waals surface area contributed by atoms with Crippen LogP contribution in [-0.2, 0) is 6.42 Å². The van der Waals surface area contributed by atoms with Crippen LogP contribution >= 0.6 is 0 Å². The minimum absolute atomic E-state index is 0.616. The van der Waals surface area contributed by atoms with Gasteiger partial charge in [-0.1, -0.05) is 31.2 Å². The van der Waals surface area contributed by atoms with E-state index in [4.69, 9.17) is 0 Å². The number of aliphatic imine (C=N–C) groups is 1. The summed E-state index contributed by atoms with van der Waals surface area (Å²) in [6.45, 7) is 4.03. The van der Waals surface area contributed by atoms with Crippen LogP contribution in [-0.4, -0.2) is 18.2 Å². The summed E-state index contributed by atoms with van der Waals surface area (Å²) >= 11 is 0. The fourth-order valence-electron chi connectivity index (χ4n) is 2.36. The highest BCUT2D eigenvalue weighted by Gasteiger charge is 2.12. The summed E-state index contributed by atoms with van der Waals surface area (Å²) in [5.74, 6) is 0. The number of hydrogen-bond donors (Lipinski definition) is 0. The van der Waals surface area contributed by atoms with Gasteiger partial charge in [-0.25, -0.2) is 0 Å². The number of hydrogen-bond acceptors (Lipinski definition) is 3. The van der Waals surface area contributed by atoms with E-state index in [-0.39, 0.29) is 0 Å². The number of rotatable bonds is 3. The van der Waals surface area contributed by atoms with Gasteiger partial charge < -0.3 is 0 Å². The number of nitrogens with zero attached hydrogens (tertiary/aromatic N) is 3. The zero-order chi connectivity index (χ0) is 14.5. The van der Waals surface area contributed by atoms with Gasteiger partial charge in [0.15, 0.2) is 0 Å². The summed E-state index contributed by atoms with van der Waals surface area (Å²) in [7, 11) is 1.71. The molecule has 0 aliphatic carbocycles. The van der Waals surface area contributed by atoms with Gasteiger partial charge >= 0.3 is 0 Å². The fraction of sp³-hybridized carbons (Fsp3) is 0.235. The number of aromatic nitrogens is 1. The van der Waals surface area contributed by atoms with E-state index in [0.29, 0.717) is 11.3 Å². The first kappa shape index (κ1) is 14.0. The maximum Gasteiger partial charge on any atom is 0.102 e. The van der Waals surface area contributed by atoms with Crippen LogP contribution in [0.4, 0.5) is 0 Å². The second-order valence-corrected chi connectivity index (χ2v) is 4.46. The van der Waals surface area contributed by atoms with Crippen molar-refractivity contribution < 1.29 is 0 Å². The highest BCUT2D eigenvalue weighted by molar-refractivity contribution is 6.11. The van der Waals surface area contributed by atoms with Gasteiger partial charge in [-0.3, -0.25) is 9.98 Å². The lowest BCUT2D eigenvalue weighted by Gasteiger charge is -2.09. The van der Waals surface area contributed by atoms with Crippen LogP contribution in [0.5, 0.6) is 0 Å². The lowest BCUT2D eigenvalue weighted by molar-refractivity contribution is 1.15. The third-order valence-electron chi connectivity index (χ3n) is 3.37. The zero-order valence-electron chi connectivity index (χ0n) is 12.0. The first-order valence-electron chi connectivity index (χ1n) is 6.66. The molecule has 0 saturated heterocycles. The van der Waals surface area contributed by atoms with Crippen LogP contribution in [0.2, 0.25) is 0 Å². The molecule has 0 aliphatic rings. The van der Waals surface area contributed by atoms with Crippen molar-refractivity contribution in [2.24, 2.45) is 4.99 Å². The zero-order valence-corrected chi connectivity index (χ0v) is 12.0. The van der Waals surface area contributed by atoms with Gasteiger partial charge in [-0.05, 0) is 18.9 Å². The van der Waals surface area contributed by atoms with Crippen LogP contribution in [0.3, 0.4) is 0 Å². The molecule has 0 N–H and O–H groups in total. The summed E-state index contributed by atoms with van der Waals surface area (Å²) in [6, 6.07) is 8.35. The second-order valence-electron chi connectivity index (χ2n) is 4.46. The molecule has 1 heterocycles. The molecule has 0 saturated carbocycles. The molecular formula is C17H17N3. The molecule has 0 fully saturated rings. The molecule has 100 valence electrons. The molecule has 0 amide bonds. The van der Waals surface area contributed by atoms with E-state index >= 15 is 0 Å². The molecular weight excluding hydrogens is 246 g/mol. The molecule has 0 bridgehead atoms. The van der Waals surface area contributed by atoms with Crippen molar-refractivity contribution in [2.75, 3.05) is 7.05 Å². The van der Waals surface area contributed by atoms with Crippen LogP contribution in [0.15, 0.2) is 35.5 Å². The third-order valence-corrected chi connectivity index (χ3v) is 3.37. The van der Waals surface area contributed by atoms with E-state index in [0.717, 1.165) is 22.8 Å². The first-order valence-corrected chi connectivity index (χ1v) is 6.66. The second kappa shape index (κ2) is 6.12. The molecule has 3 nitrogen and oxygen atoms in total. The number of benzene rings is 1. The first-order chi connectivity index (χ1) is 9.76. The third kappa shape index (κ3) is 2.33. The van der Waals surface area contributed by atoms with E-state index in [9.17, 15) is 5.26 Å². The summed E-state index contributed by atoms with van der Waals surface area (Å²) in [6.07, 6.45) is 6.44. The summed E-state index contributed by atoms with van der Waals surface area (Å²) in [5.41, 5.74) is 3.39. The molecule has 2 aromatic rings. The van der Waals surface area contributed by atoms with E-state index in [2.05, 4.69) is 29.0 Å². The van der Waals surface area contributed by atoms with Gasteiger partial charge in [0.1, 0.15) is 6.07 Å². The standard InChI is InChI=1S/C17H17N3/c1-4-12-7-6-8-14-15(9-18)17(20-11-16(12)14)13(5-2)10-19-3/h5-8,10-11H,4H2,1-3H3/b13-5+,19-10-. The summed E-state index contributed by atoms with van der Waals surface area (Å²) < 4.78 is 0. The molecule has 1 aromatic carbocycles. The Kier molecular flexibility index (Phi) is 4.27. The Balaban J connectivity index is 2.81. The van der Waals surface area contributed by atoms with Gasteiger partial charge in [0.25, 0.3) is 0 Å². The Morgan fingerprint density at radius 3 is 2.80 bits per heavy atom. The SMILES string of the molecule is C/C=C(\C=N/C)c1ncc2c(CC)cccc2c1C#N. The molecule has 0 unspecified atom stereocenters. The van der Waals surface area contributed by atoms with Crippen molar-refractivity contribution in [3.8, 4) is 6.07 Å². The topological polar surface area (TPSA) is 49.0 Å². The maximum atomic E-state index is 9.53. The molecule has 1 aromatic heterocycles. The quantitative estimate of drug-likeness (QED) is 0.791. The molecule has 0 aliphatic heterocycles. The Morgan fingerprint density at radius 2 is 2.20 bits per heavy atom. The van der Waals surface area contributed by atoms with E-state index in [1.807, 2.05) is 31.3 Å². The molecule has 20 heavy (non-hydrogen) atoms. The molecule has 0 spiro atoms. The van der Waals surface area contributed by atoms with Crippen molar-refractivity contribution >= 4 is 22.6 Å². The van der Waals surface area contributed by atoms with Crippen LogP contribution in [0.1, 0.15) is 30.7 Å². The van der Waals surface area contributed by atoms with Gasteiger partial charge in [0.2, 0.25) is 0 Å². The van der Waals surface area contributed by atoms with E-state index < -0.39 is 0 Å². The average Bonchev–Trinajstić information content (AvgIpc) is 2.50. The Hall–Kier alpha value is -2.47. The van der Waals surface area contributed by atoms with Crippen molar-refractivity contribution in [1.82, 2.24) is 4.98 Å². The van der Waals surface area contributed by atoms with Gasteiger partial charge in [-0.2, -0.15) is 5.26 Å². The van der Waals surface area contributed by atoms with Gasteiger partial charge in [0, 0.05) is 35.8 Å². The Labute approximate surface area is 119 Å². The summed E-state index contributed by atoms with van der Waals surface area (Å²) in [4.78, 5) is 8.52. The van der Waals surface area contributed by atoms with Crippen molar-refractivity contribution in [2.45, 2.75) is 20.3 Å². The minimum Gasteiger partial charge on any atom is -0.296 e. The Morgan fingerprint density at radius 1 is 1.40 bits per heavy atom. The number of aryl methyl sites for hydroxylation is 1.